The van der Waals surface area contributed by atoms with Gasteiger partial charge >= 0.3 is 5.97 Å². The largest absolute Gasteiger partial charge is 0.496 e. The van der Waals surface area contributed by atoms with Crippen molar-refractivity contribution >= 4 is 23.7 Å². The van der Waals surface area contributed by atoms with Gasteiger partial charge in [0, 0.05) is 28.6 Å². The molecule has 0 radical (unpaired) electrons. The molecule has 1 aromatic heterocycles. The van der Waals surface area contributed by atoms with Crippen molar-refractivity contribution in [3.05, 3.63) is 70.3 Å². The number of carbonyl (C=O) groups excluding carboxylic acids is 2. The maximum atomic E-state index is 13.5. The number of fused-ring (bicyclic) bond motifs is 1. The minimum Gasteiger partial charge on any atom is -0.496 e. The average molecular weight is 419 g/mol. The number of aromatic nitrogens is 1. The molecular weight excluding hydrogens is 394 g/mol. The van der Waals surface area contributed by atoms with Crippen molar-refractivity contribution < 1.29 is 19.1 Å². The number of amidine groups is 1. The Morgan fingerprint density at radius 1 is 1.16 bits per heavy atom. The predicted molar refractivity (Wildman–Crippen MR) is 118 cm³/mol. The molecule has 0 spiro atoms. The lowest BCUT2D eigenvalue weighted by Crippen LogP contribution is -2.42. The molecule has 0 saturated carbocycles. The molecule has 2 aliphatic heterocycles. The van der Waals surface area contributed by atoms with E-state index in [4.69, 9.17) is 9.47 Å². The van der Waals surface area contributed by atoms with Gasteiger partial charge in [-0.1, -0.05) is 18.2 Å². The Morgan fingerprint density at radius 2 is 1.94 bits per heavy atom. The van der Waals surface area contributed by atoms with E-state index in [2.05, 4.69) is 15.3 Å². The van der Waals surface area contributed by atoms with Crippen LogP contribution in [0.4, 0.5) is 0 Å². The number of carbonyl (C=O) groups is 2. The first-order valence-electron chi connectivity index (χ1n) is 10.2. The summed E-state index contributed by atoms with van der Waals surface area (Å²) in [5.74, 6) is -0.706. The lowest BCUT2D eigenvalue weighted by molar-refractivity contribution is -0.139. The smallest absolute Gasteiger partial charge is 0.336 e. The lowest BCUT2D eigenvalue weighted by Gasteiger charge is -2.33. The van der Waals surface area contributed by atoms with Gasteiger partial charge in [0.15, 0.2) is 5.78 Å². The molecular formula is C24H25N3O4. The van der Waals surface area contributed by atoms with Gasteiger partial charge in [-0.2, -0.15) is 0 Å². The maximum absolute atomic E-state index is 13.5. The normalized spacial score (nSPS) is 21.6. The van der Waals surface area contributed by atoms with Crippen molar-refractivity contribution in [1.82, 2.24) is 10.3 Å². The van der Waals surface area contributed by atoms with Crippen LogP contribution in [-0.2, 0) is 14.3 Å². The number of Topliss-reactive ketones (excluding diaryl/α,β-unsaturated/α-hetero) is 1. The molecule has 0 fully saturated rings. The number of ether oxygens (including phenoxy) is 2. The van der Waals surface area contributed by atoms with Gasteiger partial charge < -0.3 is 19.8 Å². The highest BCUT2D eigenvalue weighted by Gasteiger charge is 2.48. The zero-order valence-corrected chi connectivity index (χ0v) is 18.0. The number of allylic oxidation sites excluding steroid dienone is 2. The fourth-order valence-electron chi connectivity index (χ4n) is 4.22. The Balaban J connectivity index is 1.84. The number of aromatic amines is 1. The summed E-state index contributed by atoms with van der Waals surface area (Å²) in [5, 5.41) is 3.17. The van der Waals surface area contributed by atoms with Crippen LogP contribution >= 0.6 is 0 Å². The van der Waals surface area contributed by atoms with Gasteiger partial charge in [0.1, 0.15) is 17.3 Å². The van der Waals surface area contributed by atoms with Gasteiger partial charge in [-0.25, -0.2) is 9.79 Å². The maximum Gasteiger partial charge on any atom is 0.336 e. The van der Waals surface area contributed by atoms with Crippen molar-refractivity contribution in [1.29, 1.82) is 0 Å². The molecule has 7 heteroatoms. The molecule has 7 nitrogen and oxygen atoms in total. The summed E-state index contributed by atoms with van der Waals surface area (Å²) in [6, 6.07) is 11.3. The van der Waals surface area contributed by atoms with Crippen LogP contribution in [-0.4, -0.2) is 36.3 Å². The van der Waals surface area contributed by atoms with Gasteiger partial charge in [0.05, 0.1) is 25.2 Å². The van der Waals surface area contributed by atoms with Crippen molar-refractivity contribution in [3.8, 4) is 5.75 Å². The van der Waals surface area contributed by atoms with E-state index in [1.54, 1.807) is 27.0 Å². The molecule has 2 N–H and O–H groups in total. The van der Waals surface area contributed by atoms with Gasteiger partial charge in [0.25, 0.3) is 0 Å². The van der Waals surface area contributed by atoms with Gasteiger partial charge in [-0.3, -0.25) is 4.79 Å². The number of esters is 1. The molecule has 2 unspecified atom stereocenters. The quantitative estimate of drug-likeness (QED) is 0.572. The highest BCUT2D eigenvalue weighted by Crippen LogP contribution is 2.45. The number of aryl methyl sites for hydroxylation is 1. The summed E-state index contributed by atoms with van der Waals surface area (Å²) in [7, 11) is 1.57. The first kappa shape index (κ1) is 20.7. The SMILES string of the molecule is CCOC(=O)C1=C(C)NC2=N/C(=C/c3ccc(C)[nH]3)C(=O)C2C1c1ccccc1OC. The van der Waals surface area contributed by atoms with Crippen molar-refractivity contribution in [2.75, 3.05) is 13.7 Å². The van der Waals surface area contributed by atoms with Crippen LogP contribution in [0.5, 0.6) is 5.75 Å². The van der Waals surface area contributed by atoms with Crippen LogP contribution in [0.2, 0.25) is 0 Å². The zero-order valence-electron chi connectivity index (χ0n) is 18.0. The third-order valence-electron chi connectivity index (χ3n) is 5.55. The van der Waals surface area contributed by atoms with E-state index in [9.17, 15) is 9.59 Å². The Kier molecular flexibility index (Phi) is 5.50. The Bertz CT molecular complexity index is 1140. The second-order valence-electron chi connectivity index (χ2n) is 7.57. The highest BCUT2D eigenvalue weighted by atomic mass is 16.5. The van der Waals surface area contributed by atoms with Crippen LogP contribution in [0.15, 0.2) is 58.4 Å². The van der Waals surface area contributed by atoms with E-state index in [1.165, 1.54) is 0 Å². The first-order valence-corrected chi connectivity index (χ1v) is 10.2. The Labute approximate surface area is 180 Å². The average Bonchev–Trinajstić information content (AvgIpc) is 3.29. The minimum atomic E-state index is -0.665. The number of aliphatic imine (C=N–C) groups is 1. The zero-order chi connectivity index (χ0) is 22.1. The fraction of sp³-hybridized carbons (Fsp3) is 0.292. The molecule has 4 rings (SSSR count). The first-order chi connectivity index (χ1) is 14.9. The molecule has 2 aliphatic rings. The minimum absolute atomic E-state index is 0.153. The highest BCUT2D eigenvalue weighted by molar-refractivity contribution is 6.21. The summed E-state index contributed by atoms with van der Waals surface area (Å²) >= 11 is 0. The standard InChI is InChI=1S/C24H25N3O4/c1-5-31-24(29)19-14(3)26-23-21(20(19)16-8-6-7-9-18(16)30-4)22(28)17(27-23)12-15-11-10-13(2)25-15/h6-12,20-21,25H,5H2,1-4H3,(H,26,27)/b17-12+. The number of para-hydroxylation sites is 1. The van der Waals surface area contributed by atoms with E-state index in [-0.39, 0.29) is 12.4 Å². The molecule has 0 aliphatic carbocycles. The number of nitrogens with one attached hydrogen (secondary N) is 2. The van der Waals surface area contributed by atoms with E-state index in [1.807, 2.05) is 43.3 Å². The predicted octanol–water partition coefficient (Wildman–Crippen LogP) is 3.49. The number of methoxy groups -OCH3 is 1. The number of hydrogen-bond acceptors (Lipinski definition) is 6. The second-order valence-corrected chi connectivity index (χ2v) is 7.57. The number of ketones is 1. The van der Waals surface area contributed by atoms with E-state index in [0.29, 0.717) is 28.6 Å². The molecule has 1 aromatic carbocycles. The topological polar surface area (TPSA) is 92.8 Å². The summed E-state index contributed by atoms with van der Waals surface area (Å²) in [6.45, 7) is 5.75. The third-order valence-corrected chi connectivity index (χ3v) is 5.55. The van der Waals surface area contributed by atoms with Crippen molar-refractivity contribution in [2.24, 2.45) is 10.9 Å². The number of nitrogens with zero attached hydrogens (tertiary/aromatic N) is 1. The number of H-pyrrole nitrogens is 1. The summed E-state index contributed by atoms with van der Waals surface area (Å²) in [4.78, 5) is 34.2. The van der Waals surface area contributed by atoms with E-state index < -0.39 is 17.8 Å². The van der Waals surface area contributed by atoms with Crippen LogP contribution in [0.25, 0.3) is 6.08 Å². The lowest BCUT2D eigenvalue weighted by atomic mass is 9.75. The molecule has 31 heavy (non-hydrogen) atoms. The van der Waals surface area contributed by atoms with Crippen LogP contribution in [0.3, 0.4) is 0 Å². The molecule has 2 aromatic rings. The molecule has 3 heterocycles. The second kappa shape index (κ2) is 8.26. The van der Waals surface area contributed by atoms with E-state index in [0.717, 1.165) is 17.0 Å². The Hall–Kier alpha value is -3.61. The van der Waals surface area contributed by atoms with Crippen LogP contribution in [0.1, 0.15) is 36.7 Å². The number of rotatable bonds is 5. The third kappa shape index (κ3) is 3.67. The number of benzene rings is 1. The molecule has 160 valence electrons. The van der Waals surface area contributed by atoms with Gasteiger partial charge in [-0.15, -0.1) is 0 Å². The van der Waals surface area contributed by atoms with Crippen LogP contribution < -0.4 is 10.1 Å². The molecule has 0 amide bonds. The van der Waals surface area contributed by atoms with Crippen LogP contribution in [0, 0.1) is 12.8 Å². The fourth-order valence-corrected chi connectivity index (χ4v) is 4.22. The van der Waals surface area contributed by atoms with Crippen molar-refractivity contribution in [3.63, 3.8) is 0 Å². The van der Waals surface area contributed by atoms with Gasteiger partial charge in [-0.05, 0) is 45.0 Å². The molecule has 2 atom stereocenters. The Morgan fingerprint density at radius 3 is 2.61 bits per heavy atom. The molecule has 0 saturated heterocycles. The number of hydrogen-bond donors (Lipinski definition) is 2. The summed E-state index contributed by atoms with van der Waals surface area (Å²) in [6.07, 6.45) is 1.74. The monoisotopic (exact) mass is 419 g/mol. The summed E-state index contributed by atoms with van der Waals surface area (Å²) in [5.41, 5.74) is 3.92. The van der Waals surface area contributed by atoms with E-state index >= 15 is 0 Å². The summed E-state index contributed by atoms with van der Waals surface area (Å²) < 4.78 is 10.9. The van der Waals surface area contributed by atoms with Crippen molar-refractivity contribution in [2.45, 2.75) is 26.7 Å². The molecule has 0 bridgehead atoms. The van der Waals surface area contributed by atoms with Gasteiger partial charge in [0.2, 0.25) is 0 Å².